The molecule has 0 saturated heterocycles. The highest BCUT2D eigenvalue weighted by Gasteiger charge is 2.31. The quantitative estimate of drug-likeness (QED) is 0.0911. The number of amides is 3. The molecule has 0 aromatic carbocycles. The molecule has 0 aliphatic carbocycles. The highest BCUT2D eigenvalue weighted by Crippen LogP contribution is 2.21. The lowest BCUT2D eigenvalue weighted by Crippen LogP contribution is -2.47. The van der Waals surface area contributed by atoms with E-state index in [2.05, 4.69) is 20.6 Å². The van der Waals surface area contributed by atoms with Gasteiger partial charge in [0.25, 0.3) is 0 Å². The summed E-state index contributed by atoms with van der Waals surface area (Å²) in [5.41, 5.74) is -0.984. The van der Waals surface area contributed by atoms with Crippen LogP contribution in [-0.2, 0) is 50.2 Å². The Bertz CT molecular complexity index is 1270. The first-order valence-corrected chi connectivity index (χ1v) is 13.6. The van der Waals surface area contributed by atoms with Gasteiger partial charge in [0.05, 0.1) is 18.5 Å². The molecule has 0 bridgehead atoms. The van der Waals surface area contributed by atoms with Crippen LogP contribution in [0.3, 0.4) is 0 Å². The number of rotatable bonds is 20. The molecule has 18 heteroatoms. The van der Waals surface area contributed by atoms with Crippen LogP contribution in [0.4, 0.5) is 4.79 Å². The van der Waals surface area contributed by atoms with E-state index in [0.717, 1.165) is 0 Å². The van der Waals surface area contributed by atoms with Gasteiger partial charge in [-0.3, -0.25) is 24.1 Å². The first-order valence-electron chi connectivity index (χ1n) is 13.6. The van der Waals surface area contributed by atoms with Crippen molar-refractivity contribution in [3.63, 3.8) is 0 Å². The average molecular weight is 623 g/mol. The molecule has 0 aliphatic heterocycles. The number of aromatic nitrogens is 4. The molecular weight excluding hydrogens is 584 g/mol. The molecule has 1 atom stereocenters. The molecule has 0 saturated carbocycles. The summed E-state index contributed by atoms with van der Waals surface area (Å²) in [5.74, 6) is -4.13. The van der Waals surface area contributed by atoms with Crippen molar-refractivity contribution in [1.29, 1.82) is 0 Å². The van der Waals surface area contributed by atoms with E-state index in [0.29, 0.717) is 24.5 Å². The molecule has 2 aromatic rings. The number of carbonyl (C=O) groups excluding carboxylic acids is 2. The number of nitrogens with one attached hydrogen (secondary N) is 3. The van der Waals surface area contributed by atoms with Crippen LogP contribution < -0.4 is 16.0 Å². The second-order valence-electron chi connectivity index (χ2n) is 10.6. The Morgan fingerprint density at radius 1 is 0.841 bits per heavy atom. The van der Waals surface area contributed by atoms with Crippen molar-refractivity contribution in [2.75, 3.05) is 19.6 Å². The van der Waals surface area contributed by atoms with E-state index in [9.17, 15) is 44.1 Å². The Morgan fingerprint density at radius 2 is 1.39 bits per heavy atom. The van der Waals surface area contributed by atoms with Crippen molar-refractivity contribution in [1.82, 2.24) is 40.0 Å². The van der Waals surface area contributed by atoms with Crippen LogP contribution in [0.2, 0.25) is 0 Å². The van der Waals surface area contributed by atoms with Gasteiger partial charge in [0, 0.05) is 37.9 Å². The minimum atomic E-state index is -1.28. The third-order valence-corrected chi connectivity index (χ3v) is 6.39. The Labute approximate surface area is 252 Å². The van der Waals surface area contributed by atoms with Gasteiger partial charge in [-0.1, -0.05) is 0 Å². The van der Waals surface area contributed by atoms with Crippen LogP contribution in [0.1, 0.15) is 44.8 Å². The zero-order valence-electron chi connectivity index (χ0n) is 24.4. The van der Waals surface area contributed by atoms with Crippen molar-refractivity contribution in [2.24, 2.45) is 5.41 Å². The Morgan fingerprint density at radius 3 is 1.86 bits per heavy atom. The fraction of sp³-hybridized carbons (Fsp3) is 0.538. The SMILES string of the molecule is CC(C)(CN(Cc1nccn1CC(=O)O)Cc1nccn1CC(=O)O)C(=O)NCCCCC(NC(=O)NCC(=O)O)C(=O)O. The second kappa shape index (κ2) is 16.6. The van der Waals surface area contributed by atoms with Gasteiger partial charge >= 0.3 is 29.9 Å². The van der Waals surface area contributed by atoms with E-state index in [-0.39, 0.29) is 51.6 Å². The predicted octanol–water partition coefficient (Wildman–Crippen LogP) is -0.599. The Balaban J connectivity index is 2.01. The Kier molecular flexibility index (Phi) is 13.3. The smallest absolute Gasteiger partial charge is 0.326 e. The third kappa shape index (κ3) is 12.1. The molecule has 242 valence electrons. The van der Waals surface area contributed by atoms with Gasteiger partial charge in [-0.05, 0) is 33.1 Å². The Hall–Kier alpha value is -5.00. The van der Waals surface area contributed by atoms with E-state index >= 15 is 0 Å². The molecule has 0 radical (unpaired) electrons. The maximum absolute atomic E-state index is 13.2. The molecule has 0 fully saturated rings. The first-order chi connectivity index (χ1) is 20.7. The highest BCUT2D eigenvalue weighted by atomic mass is 16.4. The highest BCUT2D eigenvalue weighted by molar-refractivity contribution is 5.84. The number of carboxylic acid groups (broad SMARTS) is 4. The minimum Gasteiger partial charge on any atom is -0.480 e. The molecule has 2 heterocycles. The number of carbonyl (C=O) groups is 6. The topological polar surface area (TPSA) is 258 Å². The zero-order valence-corrected chi connectivity index (χ0v) is 24.4. The lowest BCUT2D eigenvalue weighted by atomic mass is 9.91. The van der Waals surface area contributed by atoms with Crippen LogP contribution in [0.25, 0.3) is 0 Å². The zero-order chi connectivity index (χ0) is 32.9. The van der Waals surface area contributed by atoms with E-state index in [1.165, 1.54) is 33.9 Å². The summed E-state index contributed by atoms with van der Waals surface area (Å²) in [4.78, 5) is 79.8. The fourth-order valence-electron chi connectivity index (χ4n) is 4.30. The lowest BCUT2D eigenvalue weighted by Gasteiger charge is -2.31. The van der Waals surface area contributed by atoms with Crippen LogP contribution >= 0.6 is 0 Å². The summed E-state index contributed by atoms with van der Waals surface area (Å²) < 4.78 is 2.92. The van der Waals surface area contributed by atoms with Crippen LogP contribution in [0.5, 0.6) is 0 Å². The van der Waals surface area contributed by atoms with E-state index in [4.69, 9.17) is 5.11 Å². The number of carboxylic acids is 4. The maximum atomic E-state index is 13.2. The molecular formula is C26H38N8O10. The van der Waals surface area contributed by atoms with Crippen LogP contribution in [-0.4, -0.2) is 106 Å². The molecule has 0 spiro atoms. The molecule has 0 aliphatic rings. The average Bonchev–Trinajstić information content (AvgIpc) is 3.54. The van der Waals surface area contributed by atoms with Gasteiger partial charge in [0.2, 0.25) is 5.91 Å². The summed E-state index contributed by atoms with van der Waals surface area (Å²) >= 11 is 0. The number of aliphatic carboxylic acids is 4. The van der Waals surface area contributed by atoms with Crippen molar-refractivity contribution in [2.45, 2.75) is 65.3 Å². The summed E-state index contributed by atoms with van der Waals surface area (Å²) in [7, 11) is 0. The number of nitrogens with zero attached hydrogens (tertiary/aromatic N) is 5. The van der Waals surface area contributed by atoms with E-state index in [1.807, 2.05) is 10.2 Å². The van der Waals surface area contributed by atoms with Crippen molar-refractivity contribution in [3.8, 4) is 0 Å². The predicted molar refractivity (Wildman–Crippen MR) is 150 cm³/mol. The van der Waals surface area contributed by atoms with Crippen LogP contribution in [0, 0.1) is 5.41 Å². The molecule has 18 nitrogen and oxygen atoms in total. The van der Waals surface area contributed by atoms with Gasteiger partial charge in [-0.15, -0.1) is 0 Å². The number of hydrogen-bond acceptors (Lipinski definition) is 9. The molecule has 44 heavy (non-hydrogen) atoms. The normalized spacial score (nSPS) is 12.0. The summed E-state index contributed by atoms with van der Waals surface area (Å²) in [6, 6.07) is -2.16. The van der Waals surface area contributed by atoms with Gasteiger partial charge in [0.15, 0.2) is 0 Å². The number of imidazole rings is 2. The van der Waals surface area contributed by atoms with Gasteiger partial charge in [-0.25, -0.2) is 19.6 Å². The van der Waals surface area contributed by atoms with E-state index < -0.39 is 47.9 Å². The van der Waals surface area contributed by atoms with Gasteiger partial charge in [0.1, 0.15) is 37.3 Å². The number of hydrogen-bond donors (Lipinski definition) is 7. The minimum absolute atomic E-state index is 0.0504. The maximum Gasteiger partial charge on any atom is 0.326 e. The first kappa shape index (κ1) is 35.2. The number of urea groups is 1. The van der Waals surface area contributed by atoms with Crippen molar-refractivity contribution >= 4 is 35.8 Å². The molecule has 2 rings (SSSR count). The largest absolute Gasteiger partial charge is 0.480 e. The summed E-state index contributed by atoms with van der Waals surface area (Å²) in [6.07, 6.45) is 6.76. The summed E-state index contributed by atoms with van der Waals surface area (Å²) in [5, 5.41) is 43.5. The monoisotopic (exact) mass is 622 g/mol. The van der Waals surface area contributed by atoms with Gasteiger partial charge in [-0.2, -0.15) is 0 Å². The molecule has 7 N–H and O–H groups in total. The van der Waals surface area contributed by atoms with Crippen LogP contribution in [0.15, 0.2) is 24.8 Å². The molecule has 1 unspecified atom stereocenters. The molecule has 2 aromatic heterocycles. The third-order valence-electron chi connectivity index (χ3n) is 6.39. The van der Waals surface area contributed by atoms with Crippen molar-refractivity contribution in [3.05, 3.63) is 36.4 Å². The lowest BCUT2D eigenvalue weighted by molar-refractivity contribution is -0.140. The fourth-order valence-corrected chi connectivity index (χ4v) is 4.30. The van der Waals surface area contributed by atoms with Gasteiger partial charge < -0.3 is 45.5 Å². The molecule has 3 amide bonds. The second-order valence-corrected chi connectivity index (χ2v) is 10.6. The summed E-state index contributed by atoms with van der Waals surface area (Å²) in [6.45, 7) is 2.79. The van der Waals surface area contributed by atoms with Crippen molar-refractivity contribution < 1.29 is 49.2 Å². The number of unbranched alkanes of at least 4 members (excludes halogenated alkanes) is 1. The standard InChI is InChI=1S/C26H38N8O10/c1-26(2,24(43)29-6-4-3-5-17(23(41)42)31-25(44)30-11-20(35)36)16-32(12-18-27-7-9-33(18)14-21(37)38)13-19-28-8-10-34(19)15-22(39)40/h7-10,17H,3-6,11-16H2,1-2H3,(H,29,43)(H,35,36)(H,37,38)(H,39,40)(H,41,42)(H2,30,31,44). The van der Waals surface area contributed by atoms with E-state index in [1.54, 1.807) is 13.8 Å².